The number of benzene rings is 2. The highest BCUT2D eigenvalue weighted by atomic mass is 16.2. The number of fused-ring (bicyclic) bond motifs is 1. The SMILES string of the molecule is O=C(c1cc(Nc2ccccc2)nc2ccccc12)N1CCCC1. The zero-order valence-electron chi connectivity index (χ0n) is 13.4. The fourth-order valence-electron chi connectivity index (χ4n) is 3.18. The molecule has 1 fully saturated rings. The highest BCUT2D eigenvalue weighted by Gasteiger charge is 2.22. The molecular formula is C20H19N3O. The average molecular weight is 317 g/mol. The average Bonchev–Trinajstić information content (AvgIpc) is 3.16. The number of nitrogens with one attached hydrogen (secondary N) is 1. The van der Waals surface area contributed by atoms with Gasteiger partial charge in [0.2, 0.25) is 0 Å². The molecule has 0 radical (unpaired) electrons. The molecule has 0 spiro atoms. The third-order valence-electron chi connectivity index (χ3n) is 4.39. The van der Waals surface area contributed by atoms with Gasteiger partial charge in [0, 0.05) is 24.2 Å². The first-order valence-corrected chi connectivity index (χ1v) is 8.32. The van der Waals surface area contributed by atoms with Gasteiger partial charge in [-0.25, -0.2) is 4.98 Å². The Morgan fingerprint density at radius 3 is 2.46 bits per heavy atom. The Bertz CT molecular complexity index is 870. The van der Waals surface area contributed by atoms with Crippen molar-refractivity contribution in [3.05, 3.63) is 66.2 Å². The lowest BCUT2D eigenvalue weighted by molar-refractivity contribution is 0.0794. The van der Waals surface area contributed by atoms with Crippen LogP contribution in [0.25, 0.3) is 10.9 Å². The monoisotopic (exact) mass is 317 g/mol. The minimum atomic E-state index is 0.0993. The van der Waals surface area contributed by atoms with Crippen LogP contribution in [0.1, 0.15) is 23.2 Å². The van der Waals surface area contributed by atoms with Gasteiger partial charge in [-0.2, -0.15) is 0 Å². The maximum absolute atomic E-state index is 12.9. The molecule has 0 atom stereocenters. The number of carbonyl (C=O) groups is 1. The van der Waals surface area contributed by atoms with Gasteiger partial charge in [0.15, 0.2) is 0 Å². The second-order valence-electron chi connectivity index (χ2n) is 6.06. The fraction of sp³-hybridized carbons (Fsp3) is 0.200. The Kier molecular flexibility index (Phi) is 3.87. The number of nitrogens with zero attached hydrogens (tertiary/aromatic N) is 2. The Morgan fingerprint density at radius 2 is 1.67 bits per heavy atom. The molecule has 1 saturated heterocycles. The predicted molar refractivity (Wildman–Crippen MR) is 96.6 cm³/mol. The van der Waals surface area contributed by atoms with Gasteiger partial charge in [0.05, 0.1) is 11.1 Å². The van der Waals surface area contributed by atoms with Crippen LogP contribution in [0, 0.1) is 0 Å². The third-order valence-corrected chi connectivity index (χ3v) is 4.39. The lowest BCUT2D eigenvalue weighted by Gasteiger charge is -2.17. The quantitative estimate of drug-likeness (QED) is 0.787. The molecule has 0 bridgehead atoms. The number of amides is 1. The summed E-state index contributed by atoms with van der Waals surface area (Å²) in [6.07, 6.45) is 2.17. The lowest BCUT2D eigenvalue weighted by atomic mass is 10.1. The van der Waals surface area contributed by atoms with Gasteiger partial charge in [0.25, 0.3) is 5.91 Å². The summed E-state index contributed by atoms with van der Waals surface area (Å²) < 4.78 is 0. The van der Waals surface area contributed by atoms with E-state index in [0.717, 1.165) is 48.1 Å². The summed E-state index contributed by atoms with van der Waals surface area (Å²) in [4.78, 5) is 19.5. The van der Waals surface area contributed by atoms with Crippen molar-refractivity contribution in [3.8, 4) is 0 Å². The number of hydrogen-bond acceptors (Lipinski definition) is 3. The van der Waals surface area contributed by atoms with Gasteiger partial charge in [-0.1, -0.05) is 36.4 Å². The number of likely N-dealkylation sites (tertiary alicyclic amines) is 1. The summed E-state index contributed by atoms with van der Waals surface area (Å²) in [5.74, 6) is 0.796. The van der Waals surface area contributed by atoms with Gasteiger partial charge in [-0.05, 0) is 37.1 Å². The summed E-state index contributed by atoms with van der Waals surface area (Å²) in [6.45, 7) is 1.69. The summed E-state index contributed by atoms with van der Waals surface area (Å²) in [7, 11) is 0. The van der Waals surface area contributed by atoms with E-state index in [-0.39, 0.29) is 5.91 Å². The molecule has 3 aromatic rings. The van der Waals surface area contributed by atoms with Gasteiger partial charge in [-0.3, -0.25) is 4.79 Å². The largest absolute Gasteiger partial charge is 0.340 e. The molecule has 2 heterocycles. The molecule has 0 unspecified atom stereocenters. The van der Waals surface area contributed by atoms with Crippen LogP contribution in [0.3, 0.4) is 0 Å². The summed E-state index contributed by atoms with van der Waals surface area (Å²) >= 11 is 0. The Hall–Kier alpha value is -2.88. The van der Waals surface area contributed by atoms with E-state index in [2.05, 4.69) is 10.3 Å². The molecule has 4 rings (SSSR count). The van der Waals surface area contributed by atoms with E-state index >= 15 is 0 Å². The van der Waals surface area contributed by atoms with Crippen LogP contribution < -0.4 is 5.32 Å². The molecule has 24 heavy (non-hydrogen) atoms. The molecular weight excluding hydrogens is 298 g/mol. The molecule has 2 aromatic carbocycles. The number of hydrogen-bond donors (Lipinski definition) is 1. The Morgan fingerprint density at radius 1 is 0.958 bits per heavy atom. The fourth-order valence-corrected chi connectivity index (χ4v) is 3.18. The van der Waals surface area contributed by atoms with Crippen molar-refractivity contribution in [2.75, 3.05) is 18.4 Å². The van der Waals surface area contributed by atoms with Crippen molar-refractivity contribution in [2.45, 2.75) is 12.8 Å². The highest BCUT2D eigenvalue weighted by molar-refractivity contribution is 6.07. The molecule has 120 valence electrons. The van der Waals surface area contributed by atoms with Crippen molar-refractivity contribution >= 4 is 28.3 Å². The van der Waals surface area contributed by atoms with Crippen LogP contribution in [-0.2, 0) is 0 Å². The standard InChI is InChI=1S/C20H19N3O/c24-20(23-12-6-7-13-23)17-14-19(21-15-8-2-1-3-9-15)22-18-11-5-4-10-16(17)18/h1-5,8-11,14H,6-7,12-13H2,(H,21,22). The van der Waals surface area contributed by atoms with E-state index < -0.39 is 0 Å². The Balaban J connectivity index is 1.77. The molecule has 0 saturated carbocycles. The summed E-state index contributed by atoms with van der Waals surface area (Å²) in [5, 5.41) is 4.21. The maximum atomic E-state index is 12.9. The molecule has 1 N–H and O–H groups in total. The molecule has 0 aliphatic carbocycles. The van der Waals surface area contributed by atoms with Crippen molar-refractivity contribution in [2.24, 2.45) is 0 Å². The van der Waals surface area contributed by atoms with Crippen LogP contribution in [0.4, 0.5) is 11.5 Å². The van der Waals surface area contributed by atoms with E-state index in [4.69, 9.17) is 0 Å². The molecule has 1 amide bonds. The van der Waals surface area contributed by atoms with E-state index in [1.807, 2.05) is 65.6 Å². The van der Waals surface area contributed by atoms with Gasteiger partial charge in [-0.15, -0.1) is 0 Å². The number of carbonyl (C=O) groups excluding carboxylic acids is 1. The zero-order valence-corrected chi connectivity index (χ0v) is 13.4. The van der Waals surface area contributed by atoms with Gasteiger partial charge >= 0.3 is 0 Å². The molecule has 4 heteroatoms. The lowest BCUT2D eigenvalue weighted by Crippen LogP contribution is -2.27. The van der Waals surface area contributed by atoms with E-state index in [0.29, 0.717) is 5.82 Å². The summed E-state index contributed by atoms with van der Waals surface area (Å²) in [6, 6.07) is 19.6. The van der Waals surface area contributed by atoms with Gasteiger partial charge < -0.3 is 10.2 Å². The number of pyridine rings is 1. The topological polar surface area (TPSA) is 45.2 Å². The van der Waals surface area contributed by atoms with Crippen LogP contribution in [0.5, 0.6) is 0 Å². The zero-order chi connectivity index (χ0) is 16.4. The molecule has 4 nitrogen and oxygen atoms in total. The second kappa shape index (κ2) is 6.32. The van der Waals surface area contributed by atoms with Crippen LogP contribution in [0.15, 0.2) is 60.7 Å². The van der Waals surface area contributed by atoms with Crippen molar-refractivity contribution in [1.82, 2.24) is 9.88 Å². The number of rotatable bonds is 3. The third kappa shape index (κ3) is 2.83. The Labute approximate surface area is 141 Å². The van der Waals surface area contributed by atoms with E-state index in [1.54, 1.807) is 0 Å². The van der Waals surface area contributed by atoms with Crippen LogP contribution in [-0.4, -0.2) is 28.9 Å². The molecule has 1 aromatic heterocycles. The first-order chi connectivity index (χ1) is 11.8. The number of anilines is 2. The van der Waals surface area contributed by atoms with Crippen molar-refractivity contribution < 1.29 is 4.79 Å². The minimum absolute atomic E-state index is 0.0993. The smallest absolute Gasteiger partial charge is 0.254 e. The van der Waals surface area contributed by atoms with Gasteiger partial charge in [0.1, 0.15) is 5.82 Å². The minimum Gasteiger partial charge on any atom is -0.340 e. The first-order valence-electron chi connectivity index (χ1n) is 8.32. The summed E-state index contributed by atoms with van der Waals surface area (Å²) in [5.41, 5.74) is 2.52. The van der Waals surface area contributed by atoms with Crippen LogP contribution in [0.2, 0.25) is 0 Å². The number of aromatic nitrogens is 1. The van der Waals surface area contributed by atoms with Crippen LogP contribution >= 0.6 is 0 Å². The normalized spacial score (nSPS) is 14.1. The molecule has 1 aliphatic heterocycles. The second-order valence-corrected chi connectivity index (χ2v) is 6.06. The maximum Gasteiger partial charge on any atom is 0.254 e. The first kappa shape index (κ1) is 14.7. The van der Waals surface area contributed by atoms with E-state index in [9.17, 15) is 4.79 Å². The predicted octanol–water partition coefficient (Wildman–Crippen LogP) is 4.21. The molecule has 1 aliphatic rings. The van der Waals surface area contributed by atoms with E-state index in [1.165, 1.54) is 0 Å². The van der Waals surface area contributed by atoms with Crippen molar-refractivity contribution in [3.63, 3.8) is 0 Å². The van der Waals surface area contributed by atoms with Crippen molar-refractivity contribution in [1.29, 1.82) is 0 Å². The highest BCUT2D eigenvalue weighted by Crippen LogP contribution is 2.25. The number of para-hydroxylation sites is 2.